The van der Waals surface area contributed by atoms with Crippen LogP contribution in [-0.4, -0.2) is 11.7 Å². The Labute approximate surface area is 112 Å². The van der Waals surface area contributed by atoms with Gasteiger partial charge in [0.05, 0.1) is 11.6 Å². The van der Waals surface area contributed by atoms with Gasteiger partial charge >= 0.3 is 0 Å². The molecule has 0 radical (unpaired) electrons. The summed E-state index contributed by atoms with van der Waals surface area (Å²) in [5.74, 6) is 0.966. The first-order valence-corrected chi connectivity index (χ1v) is 6.30. The quantitative estimate of drug-likeness (QED) is 0.879. The lowest BCUT2D eigenvalue weighted by Crippen LogP contribution is -1.94. The van der Waals surface area contributed by atoms with Crippen LogP contribution in [0.2, 0.25) is 5.02 Å². The van der Waals surface area contributed by atoms with Crippen LogP contribution in [0, 0.1) is 0 Å². The smallest absolute Gasteiger partial charge is 0.134 e. The van der Waals surface area contributed by atoms with Gasteiger partial charge in [0.2, 0.25) is 0 Å². The first kappa shape index (κ1) is 12.8. The Morgan fingerprint density at radius 2 is 1.72 bits per heavy atom. The molecule has 0 atom stereocenters. The van der Waals surface area contributed by atoms with Crippen LogP contribution < -0.4 is 4.74 Å². The number of hydrogen-bond acceptors (Lipinski definition) is 2. The normalized spacial score (nSPS) is 10.3. The Bertz CT molecular complexity index is 521. The molecule has 0 fully saturated rings. The summed E-state index contributed by atoms with van der Waals surface area (Å²) in [5.41, 5.74) is 2.01. The second kappa shape index (κ2) is 5.78. The van der Waals surface area contributed by atoms with E-state index in [2.05, 4.69) is 6.92 Å². The van der Waals surface area contributed by atoms with Gasteiger partial charge in [-0.25, -0.2) is 0 Å². The van der Waals surface area contributed by atoms with Gasteiger partial charge in [0.25, 0.3) is 0 Å². The Morgan fingerprint density at radius 1 is 1.06 bits per heavy atom. The van der Waals surface area contributed by atoms with Crippen molar-refractivity contribution in [3.63, 3.8) is 0 Å². The van der Waals surface area contributed by atoms with E-state index in [1.54, 1.807) is 12.1 Å². The fourth-order valence-electron chi connectivity index (χ4n) is 1.65. The van der Waals surface area contributed by atoms with Gasteiger partial charge in [-0.05, 0) is 41.8 Å². The van der Waals surface area contributed by atoms with Crippen LogP contribution in [0.15, 0.2) is 42.5 Å². The molecular weight excluding hydrogens is 248 g/mol. The predicted octanol–water partition coefficient (Wildman–Crippen LogP) is 4.50. The van der Waals surface area contributed by atoms with E-state index in [-0.39, 0.29) is 5.75 Å². The van der Waals surface area contributed by atoms with E-state index in [1.807, 2.05) is 30.3 Å². The Morgan fingerprint density at radius 3 is 2.33 bits per heavy atom. The van der Waals surface area contributed by atoms with Crippen molar-refractivity contribution in [3.05, 3.63) is 47.5 Å². The molecule has 94 valence electrons. The lowest BCUT2D eigenvalue weighted by Gasteiger charge is -2.07. The van der Waals surface area contributed by atoms with Crippen molar-refractivity contribution >= 4 is 11.6 Å². The predicted molar refractivity (Wildman–Crippen MR) is 74.3 cm³/mol. The average Bonchev–Trinajstić information content (AvgIpc) is 2.40. The number of phenols is 1. The molecule has 2 nitrogen and oxygen atoms in total. The highest BCUT2D eigenvalue weighted by Crippen LogP contribution is 2.30. The lowest BCUT2D eigenvalue weighted by atomic mass is 10.1. The summed E-state index contributed by atoms with van der Waals surface area (Å²) in [6, 6.07) is 13.0. The van der Waals surface area contributed by atoms with Gasteiger partial charge in [-0.1, -0.05) is 36.7 Å². The fraction of sp³-hybridized carbons (Fsp3) is 0.200. The number of phenolic OH excluding ortho intramolecular Hbond substituents is 1. The van der Waals surface area contributed by atoms with Crippen molar-refractivity contribution in [1.82, 2.24) is 0 Å². The molecule has 0 aliphatic rings. The van der Waals surface area contributed by atoms with Gasteiger partial charge in [-0.15, -0.1) is 0 Å². The van der Waals surface area contributed by atoms with Gasteiger partial charge in [-0.2, -0.15) is 0 Å². The third kappa shape index (κ3) is 2.96. The average molecular weight is 263 g/mol. The second-order valence-corrected chi connectivity index (χ2v) is 4.45. The third-order valence-corrected chi connectivity index (χ3v) is 2.91. The SMILES string of the molecule is CCCOc1ccc(-c2ccc(O)c(Cl)c2)cc1. The second-order valence-electron chi connectivity index (χ2n) is 4.04. The zero-order chi connectivity index (χ0) is 13.0. The Balaban J connectivity index is 2.20. The maximum atomic E-state index is 9.38. The minimum Gasteiger partial charge on any atom is -0.506 e. The molecule has 0 saturated heterocycles. The van der Waals surface area contributed by atoms with E-state index in [9.17, 15) is 5.11 Å². The summed E-state index contributed by atoms with van der Waals surface area (Å²) >= 11 is 5.89. The summed E-state index contributed by atoms with van der Waals surface area (Å²) in [7, 11) is 0. The van der Waals surface area contributed by atoms with Crippen molar-refractivity contribution in [2.45, 2.75) is 13.3 Å². The molecule has 0 spiro atoms. The Hall–Kier alpha value is -1.67. The zero-order valence-corrected chi connectivity index (χ0v) is 10.9. The third-order valence-electron chi connectivity index (χ3n) is 2.61. The maximum Gasteiger partial charge on any atom is 0.134 e. The number of aromatic hydroxyl groups is 1. The van der Waals surface area contributed by atoms with Crippen molar-refractivity contribution in [1.29, 1.82) is 0 Å². The largest absolute Gasteiger partial charge is 0.506 e. The molecule has 0 aromatic heterocycles. The van der Waals surface area contributed by atoms with Crippen LogP contribution in [0.3, 0.4) is 0 Å². The molecule has 0 unspecified atom stereocenters. The monoisotopic (exact) mass is 262 g/mol. The summed E-state index contributed by atoms with van der Waals surface area (Å²) < 4.78 is 5.52. The molecule has 0 bridgehead atoms. The van der Waals surface area contributed by atoms with E-state index in [0.717, 1.165) is 29.9 Å². The Kier molecular flexibility index (Phi) is 4.11. The molecular formula is C15H15ClO2. The van der Waals surface area contributed by atoms with Crippen LogP contribution in [0.25, 0.3) is 11.1 Å². The summed E-state index contributed by atoms with van der Waals surface area (Å²) in [5, 5.41) is 9.74. The molecule has 0 saturated carbocycles. The van der Waals surface area contributed by atoms with Crippen molar-refractivity contribution in [2.24, 2.45) is 0 Å². The number of ether oxygens (including phenoxy) is 1. The molecule has 1 N–H and O–H groups in total. The number of benzene rings is 2. The number of halogens is 1. The van der Waals surface area contributed by atoms with E-state index >= 15 is 0 Å². The highest BCUT2D eigenvalue weighted by Gasteiger charge is 2.02. The van der Waals surface area contributed by atoms with Crippen molar-refractivity contribution in [3.8, 4) is 22.6 Å². The molecule has 3 heteroatoms. The minimum atomic E-state index is 0.100. The van der Waals surface area contributed by atoms with Crippen LogP contribution in [0.5, 0.6) is 11.5 Å². The summed E-state index contributed by atoms with van der Waals surface area (Å²) in [4.78, 5) is 0. The molecule has 0 aliphatic heterocycles. The van der Waals surface area contributed by atoms with Crippen molar-refractivity contribution < 1.29 is 9.84 Å². The summed E-state index contributed by atoms with van der Waals surface area (Å²) in [6.45, 7) is 2.80. The van der Waals surface area contributed by atoms with Crippen LogP contribution >= 0.6 is 11.6 Å². The molecule has 2 aromatic carbocycles. The highest BCUT2D eigenvalue weighted by molar-refractivity contribution is 6.32. The van der Waals surface area contributed by atoms with Crippen LogP contribution in [-0.2, 0) is 0 Å². The molecule has 2 aromatic rings. The van der Waals surface area contributed by atoms with Gasteiger partial charge in [-0.3, -0.25) is 0 Å². The molecule has 18 heavy (non-hydrogen) atoms. The maximum absolute atomic E-state index is 9.38. The topological polar surface area (TPSA) is 29.5 Å². The lowest BCUT2D eigenvalue weighted by molar-refractivity contribution is 0.317. The van der Waals surface area contributed by atoms with Gasteiger partial charge < -0.3 is 9.84 Å². The highest BCUT2D eigenvalue weighted by atomic mass is 35.5. The molecule has 0 aliphatic carbocycles. The van der Waals surface area contributed by atoms with Crippen LogP contribution in [0.1, 0.15) is 13.3 Å². The van der Waals surface area contributed by atoms with E-state index < -0.39 is 0 Å². The van der Waals surface area contributed by atoms with Gasteiger partial charge in [0.1, 0.15) is 11.5 Å². The molecule has 2 rings (SSSR count). The van der Waals surface area contributed by atoms with Gasteiger partial charge in [0, 0.05) is 0 Å². The van der Waals surface area contributed by atoms with E-state index in [0.29, 0.717) is 5.02 Å². The molecule has 0 heterocycles. The standard InChI is InChI=1S/C15H15ClO2/c1-2-9-18-13-6-3-11(4-7-13)12-5-8-15(17)14(16)10-12/h3-8,10,17H,2,9H2,1H3. The molecule has 0 amide bonds. The van der Waals surface area contributed by atoms with E-state index in [4.69, 9.17) is 16.3 Å². The zero-order valence-electron chi connectivity index (χ0n) is 10.2. The number of hydrogen-bond donors (Lipinski definition) is 1. The minimum absolute atomic E-state index is 0.100. The van der Waals surface area contributed by atoms with E-state index in [1.165, 1.54) is 0 Å². The summed E-state index contributed by atoms with van der Waals surface area (Å²) in [6.07, 6.45) is 0.995. The van der Waals surface area contributed by atoms with Crippen LogP contribution in [0.4, 0.5) is 0 Å². The van der Waals surface area contributed by atoms with Gasteiger partial charge in [0.15, 0.2) is 0 Å². The first-order valence-electron chi connectivity index (χ1n) is 5.92. The fourth-order valence-corrected chi connectivity index (χ4v) is 1.83. The first-order chi connectivity index (χ1) is 8.70. The van der Waals surface area contributed by atoms with Crippen molar-refractivity contribution in [2.75, 3.05) is 6.61 Å². The number of rotatable bonds is 4.